The molecule has 0 bridgehead atoms. The Hall–Kier alpha value is -2.56. The van der Waals surface area contributed by atoms with Gasteiger partial charge in [0.15, 0.2) is 5.65 Å². The van der Waals surface area contributed by atoms with Crippen molar-refractivity contribution in [2.24, 2.45) is 0 Å². The van der Waals surface area contributed by atoms with Crippen LogP contribution in [0.2, 0.25) is 0 Å². The number of imidazole rings is 1. The molecule has 5 nitrogen and oxygen atoms in total. The first-order chi connectivity index (χ1) is 9.99. The van der Waals surface area contributed by atoms with Gasteiger partial charge in [0.25, 0.3) is 0 Å². The Kier molecular flexibility index (Phi) is 3.05. The van der Waals surface area contributed by atoms with Gasteiger partial charge in [-0.15, -0.1) is 0 Å². The Morgan fingerprint density at radius 2 is 1.90 bits per heavy atom. The lowest BCUT2D eigenvalue weighted by molar-refractivity contribution is 0.475. The Morgan fingerprint density at radius 3 is 2.52 bits per heavy atom. The number of H-pyrrole nitrogens is 1. The van der Waals surface area contributed by atoms with Gasteiger partial charge in [0, 0.05) is 6.20 Å². The fourth-order valence-electron chi connectivity index (χ4n) is 2.61. The first kappa shape index (κ1) is 13.4. The van der Waals surface area contributed by atoms with Gasteiger partial charge in [0.1, 0.15) is 5.75 Å². The number of hydrogen-bond acceptors (Lipinski definition) is 3. The summed E-state index contributed by atoms with van der Waals surface area (Å²) in [5.41, 5.74) is 3.98. The summed E-state index contributed by atoms with van der Waals surface area (Å²) in [4.78, 5) is 19.6. The van der Waals surface area contributed by atoms with E-state index in [9.17, 15) is 9.90 Å². The summed E-state index contributed by atoms with van der Waals surface area (Å²) >= 11 is 0. The van der Waals surface area contributed by atoms with Crippen molar-refractivity contribution in [3.63, 3.8) is 0 Å². The van der Waals surface area contributed by atoms with Crippen molar-refractivity contribution >= 4 is 11.2 Å². The molecule has 2 N–H and O–H groups in total. The van der Waals surface area contributed by atoms with Crippen molar-refractivity contribution < 1.29 is 5.11 Å². The SMILES string of the molecule is Cc1c(C(C)C)cnc2c1[nH]c(=O)n2-c1ccc(O)cc1. The van der Waals surface area contributed by atoms with E-state index in [1.165, 1.54) is 4.57 Å². The van der Waals surface area contributed by atoms with Gasteiger partial charge in [-0.3, -0.25) is 0 Å². The molecule has 5 heteroatoms. The summed E-state index contributed by atoms with van der Waals surface area (Å²) in [6.07, 6.45) is 1.83. The molecular weight excluding hydrogens is 266 g/mol. The molecule has 21 heavy (non-hydrogen) atoms. The monoisotopic (exact) mass is 283 g/mol. The molecule has 108 valence electrons. The Labute approximate surface area is 121 Å². The third-order valence-corrected chi connectivity index (χ3v) is 3.73. The predicted molar refractivity (Wildman–Crippen MR) is 82.2 cm³/mol. The number of hydrogen-bond donors (Lipinski definition) is 2. The molecule has 1 aromatic carbocycles. The van der Waals surface area contributed by atoms with Crippen LogP contribution < -0.4 is 5.69 Å². The molecule has 0 radical (unpaired) electrons. The van der Waals surface area contributed by atoms with Crippen molar-refractivity contribution in [1.82, 2.24) is 14.5 Å². The number of fused-ring (bicyclic) bond motifs is 1. The van der Waals surface area contributed by atoms with Crippen LogP contribution in [0.4, 0.5) is 0 Å². The molecule has 2 heterocycles. The van der Waals surface area contributed by atoms with Crippen LogP contribution >= 0.6 is 0 Å². The zero-order valence-corrected chi connectivity index (χ0v) is 12.2. The van der Waals surface area contributed by atoms with E-state index in [2.05, 4.69) is 23.8 Å². The number of aromatic nitrogens is 3. The molecule has 0 aliphatic rings. The van der Waals surface area contributed by atoms with Crippen molar-refractivity contribution in [3.8, 4) is 11.4 Å². The second-order valence-corrected chi connectivity index (χ2v) is 5.47. The molecule has 0 saturated heterocycles. The number of pyridine rings is 1. The maximum atomic E-state index is 12.3. The van der Waals surface area contributed by atoms with E-state index < -0.39 is 0 Å². The summed E-state index contributed by atoms with van der Waals surface area (Å²) in [7, 11) is 0. The molecule has 0 aliphatic heterocycles. The van der Waals surface area contributed by atoms with Gasteiger partial charge < -0.3 is 10.1 Å². The van der Waals surface area contributed by atoms with Crippen molar-refractivity contribution in [2.45, 2.75) is 26.7 Å². The van der Waals surface area contributed by atoms with Gasteiger partial charge in [0.05, 0.1) is 11.2 Å². The number of nitrogens with zero attached hydrogens (tertiary/aromatic N) is 2. The molecule has 0 unspecified atom stereocenters. The highest BCUT2D eigenvalue weighted by Gasteiger charge is 2.15. The standard InChI is InChI=1S/C16H17N3O2/c1-9(2)13-8-17-15-14(10(13)3)18-16(21)19(15)11-4-6-12(20)7-5-11/h4-9,20H,1-3H3,(H,18,21). The molecule has 3 aromatic rings. The molecule has 0 saturated carbocycles. The average molecular weight is 283 g/mol. The van der Waals surface area contributed by atoms with Gasteiger partial charge in [-0.05, 0) is 48.2 Å². The fraction of sp³-hybridized carbons (Fsp3) is 0.250. The molecule has 2 aromatic heterocycles. The van der Waals surface area contributed by atoms with E-state index in [4.69, 9.17) is 0 Å². The number of aromatic hydroxyl groups is 1. The molecule has 0 aliphatic carbocycles. The van der Waals surface area contributed by atoms with Crippen LogP contribution in [-0.2, 0) is 0 Å². The lowest BCUT2D eigenvalue weighted by Gasteiger charge is -2.10. The highest BCUT2D eigenvalue weighted by atomic mass is 16.3. The average Bonchev–Trinajstić information content (AvgIpc) is 2.77. The Morgan fingerprint density at radius 1 is 1.24 bits per heavy atom. The van der Waals surface area contributed by atoms with Gasteiger partial charge in [-0.25, -0.2) is 14.3 Å². The number of aromatic amines is 1. The number of nitrogens with one attached hydrogen (secondary N) is 1. The summed E-state index contributed by atoms with van der Waals surface area (Å²) in [6.45, 7) is 6.20. The zero-order valence-electron chi connectivity index (χ0n) is 12.2. The fourth-order valence-corrected chi connectivity index (χ4v) is 2.61. The van der Waals surface area contributed by atoms with E-state index in [1.54, 1.807) is 24.3 Å². The second kappa shape index (κ2) is 4.77. The zero-order chi connectivity index (χ0) is 15.1. The summed E-state index contributed by atoms with van der Waals surface area (Å²) in [5.74, 6) is 0.514. The quantitative estimate of drug-likeness (QED) is 0.759. The first-order valence-electron chi connectivity index (χ1n) is 6.88. The lowest BCUT2D eigenvalue weighted by Crippen LogP contribution is -2.14. The maximum Gasteiger partial charge on any atom is 0.332 e. The van der Waals surface area contributed by atoms with E-state index in [0.717, 1.165) is 16.6 Å². The second-order valence-electron chi connectivity index (χ2n) is 5.47. The molecule has 0 amide bonds. The normalized spacial score (nSPS) is 11.4. The summed E-state index contributed by atoms with van der Waals surface area (Å²) < 4.78 is 1.52. The van der Waals surface area contributed by atoms with Crippen LogP contribution in [-0.4, -0.2) is 19.6 Å². The molecule has 3 rings (SSSR count). The predicted octanol–water partition coefficient (Wildman–Crippen LogP) is 2.85. The van der Waals surface area contributed by atoms with Gasteiger partial charge in [-0.1, -0.05) is 13.8 Å². The number of phenols is 1. The maximum absolute atomic E-state index is 12.3. The van der Waals surface area contributed by atoms with Gasteiger partial charge in [0.2, 0.25) is 0 Å². The lowest BCUT2D eigenvalue weighted by atomic mass is 10.00. The molecule has 0 spiro atoms. The van der Waals surface area contributed by atoms with Gasteiger partial charge in [-0.2, -0.15) is 0 Å². The Bertz CT molecular complexity index is 858. The van der Waals surface area contributed by atoms with Gasteiger partial charge >= 0.3 is 5.69 Å². The van der Waals surface area contributed by atoms with Crippen LogP contribution in [0.3, 0.4) is 0 Å². The topological polar surface area (TPSA) is 70.9 Å². The highest BCUT2D eigenvalue weighted by molar-refractivity contribution is 5.77. The van der Waals surface area contributed by atoms with Crippen LogP contribution in [0, 0.1) is 6.92 Å². The number of benzene rings is 1. The van der Waals surface area contributed by atoms with E-state index in [0.29, 0.717) is 17.3 Å². The van der Waals surface area contributed by atoms with Crippen LogP contribution in [0.15, 0.2) is 35.3 Å². The summed E-state index contributed by atoms with van der Waals surface area (Å²) in [6, 6.07) is 6.49. The van der Waals surface area contributed by atoms with Crippen LogP contribution in [0.5, 0.6) is 5.75 Å². The largest absolute Gasteiger partial charge is 0.508 e. The van der Waals surface area contributed by atoms with Crippen LogP contribution in [0.25, 0.3) is 16.9 Å². The minimum Gasteiger partial charge on any atom is -0.508 e. The third-order valence-electron chi connectivity index (χ3n) is 3.73. The molecule has 0 atom stereocenters. The minimum atomic E-state index is -0.229. The Balaban J connectivity index is 2.30. The summed E-state index contributed by atoms with van der Waals surface area (Å²) in [5, 5.41) is 9.37. The van der Waals surface area contributed by atoms with Crippen molar-refractivity contribution in [2.75, 3.05) is 0 Å². The molecular formula is C16H17N3O2. The van der Waals surface area contributed by atoms with E-state index in [1.807, 2.05) is 13.1 Å². The first-order valence-corrected chi connectivity index (χ1v) is 6.88. The number of phenolic OH excluding ortho intramolecular Hbond substituents is 1. The highest BCUT2D eigenvalue weighted by Crippen LogP contribution is 2.24. The number of rotatable bonds is 2. The molecule has 0 fully saturated rings. The van der Waals surface area contributed by atoms with E-state index in [-0.39, 0.29) is 11.4 Å². The minimum absolute atomic E-state index is 0.165. The third kappa shape index (κ3) is 2.11. The van der Waals surface area contributed by atoms with Crippen molar-refractivity contribution in [1.29, 1.82) is 0 Å². The number of aryl methyl sites for hydroxylation is 1. The van der Waals surface area contributed by atoms with Crippen molar-refractivity contribution in [3.05, 3.63) is 52.1 Å². The smallest absolute Gasteiger partial charge is 0.332 e. The van der Waals surface area contributed by atoms with E-state index >= 15 is 0 Å². The van der Waals surface area contributed by atoms with Crippen LogP contribution in [0.1, 0.15) is 30.9 Å².